The van der Waals surface area contributed by atoms with Crippen LogP contribution in [0.1, 0.15) is 76.5 Å². The zero-order valence-corrected chi connectivity index (χ0v) is 39.1. The summed E-state index contributed by atoms with van der Waals surface area (Å²) in [6.07, 6.45) is 15.6. The summed E-state index contributed by atoms with van der Waals surface area (Å²) in [6.45, 7) is 1.01. The van der Waals surface area contributed by atoms with Crippen molar-refractivity contribution in [3.63, 3.8) is 0 Å². The molecule has 2 amide bonds. The third-order valence-corrected chi connectivity index (χ3v) is 12.8. The number of carbonyl (C=O) groups excluding carboxylic acids is 4. The Hall–Kier alpha value is -6.92. The minimum atomic E-state index is -1.66. The van der Waals surface area contributed by atoms with Crippen molar-refractivity contribution in [3.05, 3.63) is 106 Å². The van der Waals surface area contributed by atoms with E-state index in [0.29, 0.717) is 53.7 Å². The number of benzene rings is 2. The third kappa shape index (κ3) is 9.81. The van der Waals surface area contributed by atoms with Crippen LogP contribution in [0.4, 0.5) is 0 Å². The van der Waals surface area contributed by atoms with E-state index >= 15 is 0 Å². The molecular formula is C50H49BrN8O8. The SMILES string of the molecule is C#C[C@]1(O)CCN(C)C1=O.COC(=O)c1nn(-c2cccc(Br)c2)c2ccnc(CC3CC3)c12.COC(=O)c1nn(-c2cccc(C#C[C@]3(O)CCN(C)C3=O)c2)c2ccnc(CC3CC3)c12. The Bertz CT molecular complexity index is 3030. The Kier molecular flexibility index (Phi) is 13.3. The minimum absolute atomic E-state index is 0.238. The zero-order valence-electron chi connectivity index (χ0n) is 37.5. The molecule has 2 atom stereocenters. The van der Waals surface area contributed by atoms with Crippen LogP contribution in [0.25, 0.3) is 33.2 Å². The van der Waals surface area contributed by atoms with Crippen molar-refractivity contribution in [2.45, 2.75) is 62.6 Å². The molecule has 0 spiro atoms. The van der Waals surface area contributed by atoms with Crippen LogP contribution in [-0.4, -0.2) is 126 Å². The van der Waals surface area contributed by atoms with Crippen LogP contribution in [0.5, 0.6) is 0 Å². The van der Waals surface area contributed by atoms with Crippen molar-refractivity contribution >= 4 is 61.5 Å². The summed E-state index contributed by atoms with van der Waals surface area (Å²) >= 11 is 3.48. The summed E-state index contributed by atoms with van der Waals surface area (Å²) in [7, 11) is 5.99. The summed E-state index contributed by atoms with van der Waals surface area (Å²) in [6, 6.07) is 18.9. The van der Waals surface area contributed by atoms with Gasteiger partial charge in [0.25, 0.3) is 11.8 Å². The molecule has 2 aliphatic heterocycles. The molecule has 0 radical (unpaired) electrons. The average molecular weight is 970 g/mol. The van der Waals surface area contributed by atoms with Gasteiger partial charge in [0.1, 0.15) is 0 Å². The number of halogens is 1. The number of hydrogen-bond acceptors (Lipinski definition) is 12. The summed E-state index contributed by atoms with van der Waals surface area (Å²) in [5.74, 6) is 7.33. The van der Waals surface area contributed by atoms with Gasteiger partial charge < -0.3 is 29.5 Å². The van der Waals surface area contributed by atoms with Crippen molar-refractivity contribution < 1.29 is 38.9 Å². The highest BCUT2D eigenvalue weighted by Crippen LogP contribution is 2.37. The molecule has 4 aromatic heterocycles. The molecule has 2 aliphatic carbocycles. The molecule has 2 saturated heterocycles. The van der Waals surface area contributed by atoms with Crippen LogP contribution >= 0.6 is 15.9 Å². The zero-order chi connectivity index (χ0) is 47.6. The number of carbonyl (C=O) groups is 4. The highest BCUT2D eigenvalue weighted by Gasteiger charge is 2.43. The highest BCUT2D eigenvalue weighted by atomic mass is 79.9. The molecule has 0 unspecified atom stereocenters. The minimum Gasteiger partial charge on any atom is -0.464 e. The number of amides is 2. The van der Waals surface area contributed by atoms with E-state index in [1.54, 1.807) is 41.9 Å². The first-order valence-corrected chi connectivity index (χ1v) is 22.7. The fourth-order valence-corrected chi connectivity index (χ4v) is 8.48. The van der Waals surface area contributed by atoms with Crippen LogP contribution in [0.2, 0.25) is 0 Å². The molecule has 0 bridgehead atoms. The summed E-state index contributed by atoms with van der Waals surface area (Å²) < 4.78 is 14.4. The van der Waals surface area contributed by atoms with E-state index in [-0.39, 0.29) is 23.9 Å². The smallest absolute Gasteiger partial charge is 0.359 e. The molecule has 17 heteroatoms. The second-order valence-corrected chi connectivity index (χ2v) is 18.1. The van der Waals surface area contributed by atoms with Gasteiger partial charge in [0.05, 0.1) is 58.8 Å². The third-order valence-electron chi connectivity index (χ3n) is 12.3. The molecule has 2 aromatic carbocycles. The maximum atomic E-state index is 12.5. The first-order chi connectivity index (χ1) is 32.2. The molecule has 10 rings (SSSR count). The van der Waals surface area contributed by atoms with E-state index in [1.807, 2.05) is 54.6 Å². The molecule has 2 N–H and O–H groups in total. The van der Waals surface area contributed by atoms with Crippen LogP contribution in [-0.2, 0) is 31.9 Å². The van der Waals surface area contributed by atoms with Gasteiger partial charge in [-0.05, 0) is 98.9 Å². The number of nitrogens with zero attached hydrogens (tertiary/aromatic N) is 8. The van der Waals surface area contributed by atoms with E-state index in [9.17, 15) is 29.4 Å². The number of ether oxygens (including phenoxy) is 2. The lowest BCUT2D eigenvalue weighted by Crippen LogP contribution is -2.37. The largest absolute Gasteiger partial charge is 0.464 e. The Balaban J connectivity index is 0.000000156. The number of esters is 2. The molecule has 6 heterocycles. The molecule has 6 aromatic rings. The summed E-state index contributed by atoms with van der Waals surface area (Å²) in [4.78, 5) is 59.9. The number of terminal acetylenes is 1. The molecule has 2 saturated carbocycles. The normalized spacial score (nSPS) is 19.8. The van der Waals surface area contributed by atoms with Crippen molar-refractivity contribution in [1.29, 1.82) is 0 Å². The average Bonchev–Trinajstić information content (AvgIpc) is 4.23. The van der Waals surface area contributed by atoms with Gasteiger partial charge >= 0.3 is 11.9 Å². The van der Waals surface area contributed by atoms with Crippen molar-refractivity contribution in [2.75, 3.05) is 41.4 Å². The van der Waals surface area contributed by atoms with Crippen LogP contribution in [0.15, 0.2) is 77.5 Å². The first-order valence-electron chi connectivity index (χ1n) is 21.9. The van der Waals surface area contributed by atoms with Crippen molar-refractivity contribution in [3.8, 4) is 35.6 Å². The monoisotopic (exact) mass is 968 g/mol. The molecule has 4 aliphatic rings. The predicted octanol–water partition coefficient (Wildman–Crippen LogP) is 5.24. The summed E-state index contributed by atoms with van der Waals surface area (Å²) in [5.41, 5.74) is 3.01. The fraction of sp³-hybridized carbons (Fsp3) is 0.360. The van der Waals surface area contributed by atoms with Crippen LogP contribution in [0.3, 0.4) is 0 Å². The van der Waals surface area contributed by atoms with Gasteiger partial charge in [-0.25, -0.2) is 19.0 Å². The van der Waals surface area contributed by atoms with Gasteiger partial charge in [-0.1, -0.05) is 45.8 Å². The number of aromatic nitrogens is 6. The topological polar surface area (TPSA) is 195 Å². The molecule has 4 fully saturated rings. The standard InChI is InChI=1S/C25H24N4O4.C18H16BrN3O2.C7H9NO2/c1-28-13-11-25(32,24(28)31)10-8-16-4-3-5-18(14-16)29-20-9-12-26-19(15-17-6-7-17)21(20)22(27-29)23(30)33-2;1-24-18(23)17-16-14(9-11-5-6-11)20-8-7-15(16)22(21-17)13-4-2-3-12(19)10-13;1-3-7(10)4-5-8(2)6(7)9/h3-5,9,12,14,17,32H,6-7,11,13,15H2,1-2H3;2-4,7-8,10-11H,5-6,9H2,1H3;1,10H,4-5H2,2H3/t25-;;7-/m0.0/s1. The maximum Gasteiger partial charge on any atom is 0.359 e. The first kappa shape index (κ1) is 46.6. The van der Waals surface area contributed by atoms with Crippen LogP contribution in [0, 0.1) is 36.0 Å². The van der Waals surface area contributed by atoms with Crippen molar-refractivity contribution in [1.82, 2.24) is 39.3 Å². The predicted molar refractivity (Wildman–Crippen MR) is 251 cm³/mol. The van der Waals surface area contributed by atoms with Gasteiger partial charge in [0, 0.05) is 62.5 Å². The van der Waals surface area contributed by atoms with Gasteiger partial charge in [-0.2, -0.15) is 10.2 Å². The molecular weight excluding hydrogens is 921 g/mol. The van der Waals surface area contributed by atoms with Crippen LogP contribution < -0.4 is 0 Å². The number of rotatable bonds is 8. The highest BCUT2D eigenvalue weighted by molar-refractivity contribution is 9.10. The quantitative estimate of drug-likeness (QED) is 0.149. The number of methoxy groups -OCH3 is 2. The van der Waals surface area contributed by atoms with E-state index in [2.05, 4.69) is 53.9 Å². The Morgan fingerprint density at radius 3 is 1.64 bits per heavy atom. The fourth-order valence-electron chi connectivity index (χ4n) is 8.09. The van der Waals surface area contributed by atoms with Crippen molar-refractivity contribution in [2.24, 2.45) is 11.8 Å². The number of hydrogen-bond donors (Lipinski definition) is 2. The van der Waals surface area contributed by atoms with E-state index < -0.39 is 23.1 Å². The number of fused-ring (bicyclic) bond motifs is 2. The number of pyridine rings is 2. The second kappa shape index (κ2) is 19.1. The summed E-state index contributed by atoms with van der Waals surface area (Å²) in [5, 5.41) is 30.5. The van der Waals surface area contributed by atoms with E-state index in [0.717, 1.165) is 50.8 Å². The Morgan fingerprint density at radius 2 is 1.22 bits per heavy atom. The second-order valence-electron chi connectivity index (χ2n) is 17.2. The number of aliphatic hydroxyl groups is 2. The molecule has 67 heavy (non-hydrogen) atoms. The van der Waals surface area contributed by atoms with E-state index in [1.165, 1.54) is 49.7 Å². The Morgan fingerprint density at radius 1 is 0.746 bits per heavy atom. The maximum absolute atomic E-state index is 12.5. The molecule has 16 nitrogen and oxygen atoms in total. The molecule has 344 valence electrons. The van der Waals surface area contributed by atoms with Gasteiger partial charge in [0.15, 0.2) is 11.4 Å². The number of likely N-dealkylation sites (N-methyl/N-ethyl adjacent to an activating group) is 2. The lowest BCUT2D eigenvalue weighted by Gasteiger charge is -2.13. The van der Waals surface area contributed by atoms with E-state index in [4.69, 9.17) is 15.9 Å². The van der Waals surface area contributed by atoms with Gasteiger partial charge in [0.2, 0.25) is 11.2 Å². The van der Waals surface area contributed by atoms with Gasteiger partial charge in [-0.15, -0.1) is 6.42 Å². The van der Waals surface area contributed by atoms with Gasteiger partial charge in [-0.3, -0.25) is 19.6 Å². The lowest BCUT2D eigenvalue weighted by molar-refractivity contribution is -0.138. The number of likely N-dealkylation sites (tertiary alicyclic amines) is 2. The lowest BCUT2D eigenvalue weighted by atomic mass is 10.0. The Labute approximate surface area is 395 Å².